The highest BCUT2D eigenvalue weighted by atomic mass is 16.5. The molecule has 1 atom stereocenters. The van der Waals surface area contributed by atoms with Gasteiger partial charge >= 0.3 is 5.97 Å². The number of carboxylic acids is 1. The van der Waals surface area contributed by atoms with E-state index in [-0.39, 0.29) is 17.9 Å². The van der Waals surface area contributed by atoms with Gasteiger partial charge in [0.05, 0.1) is 18.6 Å². The van der Waals surface area contributed by atoms with E-state index >= 15 is 0 Å². The Balaban J connectivity index is 2.32. The maximum Gasteiger partial charge on any atom is 0.306 e. The molecule has 1 amide bonds. The number of carboxylic acid groups (broad SMARTS) is 1. The van der Waals surface area contributed by atoms with Crippen molar-refractivity contribution in [2.75, 3.05) is 33.4 Å². The third-order valence-corrected chi connectivity index (χ3v) is 3.41. The molecule has 1 rings (SSSR count). The van der Waals surface area contributed by atoms with Crippen molar-refractivity contribution in [2.45, 2.75) is 25.8 Å². The van der Waals surface area contributed by atoms with Crippen molar-refractivity contribution in [3.05, 3.63) is 0 Å². The summed E-state index contributed by atoms with van der Waals surface area (Å²) in [6.45, 7) is 4.18. The Morgan fingerprint density at radius 2 is 2.06 bits per heavy atom. The molecule has 18 heavy (non-hydrogen) atoms. The van der Waals surface area contributed by atoms with Crippen LogP contribution in [0.3, 0.4) is 0 Å². The molecule has 1 aliphatic rings. The van der Waals surface area contributed by atoms with Gasteiger partial charge in [-0.25, -0.2) is 0 Å². The maximum atomic E-state index is 11.8. The Morgan fingerprint density at radius 3 is 2.56 bits per heavy atom. The van der Waals surface area contributed by atoms with Crippen molar-refractivity contribution in [3.8, 4) is 0 Å². The second-order valence-corrected chi connectivity index (χ2v) is 4.61. The molecule has 6 heteroatoms. The van der Waals surface area contributed by atoms with Crippen molar-refractivity contribution in [1.82, 2.24) is 10.2 Å². The standard InChI is InChI=1S/C12H22N2O4/c1-9(11(15)13-5-8-18-2)14-6-3-10(4-7-14)12(16)17/h9-10H,3-8H2,1-2H3,(H,13,15)(H,16,17). The number of methoxy groups -OCH3 is 1. The summed E-state index contributed by atoms with van der Waals surface area (Å²) in [5.74, 6) is -1.02. The van der Waals surface area contributed by atoms with E-state index in [9.17, 15) is 9.59 Å². The van der Waals surface area contributed by atoms with E-state index in [2.05, 4.69) is 5.32 Å². The molecule has 0 aromatic rings. The number of likely N-dealkylation sites (tertiary alicyclic amines) is 1. The van der Waals surface area contributed by atoms with Gasteiger partial charge in [-0.3, -0.25) is 14.5 Å². The fourth-order valence-corrected chi connectivity index (χ4v) is 2.12. The Morgan fingerprint density at radius 1 is 1.44 bits per heavy atom. The Bertz CT molecular complexity index is 288. The molecule has 0 saturated carbocycles. The zero-order valence-electron chi connectivity index (χ0n) is 11.0. The number of amides is 1. The fraction of sp³-hybridized carbons (Fsp3) is 0.833. The number of hydrogen-bond acceptors (Lipinski definition) is 4. The highest BCUT2D eigenvalue weighted by molar-refractivity contribution is 5.81. The molecular formula is C12H22N2O4. The van der Waals surface area contributed by atoms with E-state index in [0.717, 1.165) is 0 Å². The Hall–Kier alpha value is -1.14. The molecule has 6 nitrogen and oxygen atoms in total. The number of rotatable bonds is 6. The van der Waals surface area contributed by atoms with Crippen molar-refractivity contribution in [2.24, 2.45) is 5.92 Å². The van der Waals surface area contributed by atoms with Crippen LogP contribution in [0.25, 0.3) is 0 Å². The van der Waals surface area contributed by atoms with E-state index in [4.69, 9.17) is 9.84 Å². The minimum Gasteiger partial charge on any atom is -0.481 e. The van der Waals surface area contributed by atoms with Gasteiger partial charge < -0.3 is 15.2 Å². The van der Waals surface area contributed by atoms with Crippen molar-refractivity contribution < 1.29 is 19.4 Å². The summed E-state index contributed by atoms with van der Waals surface area (Å²) in [5.41, 5.74) is 0. The molecule has 0 bridgehead atoms. The van der Waals surface area contributed by atoms with Crippen molar-refractivity contribution >= 4 is 11.9 Å². The van der Waals surface area contributed by atoms with E-state index < -0.39 is 5.97 Å². The maximum absolute atomic E-state index is 11.8. The normalized spacial score (nSPS) is 19.4. The molecule has 0 aromatic carbocycles. The summed E-state index contributed by atoms with van der Waals surface area (Å²) in [6.07, 6.45) is 1.23. The zero-order valence-corrected chi connectivity index (χ0v) is 11.0. The second kappa shape index (κ2) is 7.33. The van der Waals surface area contributed by atoms with E-state index in [1.807, 2.05) is 11.8 Å². The van der Waals surface area contributed by atoms with Crippen LogP contribution in [0.4, 0.5) is 0 Å². The highest BCUT2D eigenvalue weighted by Crippen LogP contribution is 2.19. The molecule has 104 valence electrons. The van der Waals surface area contributed by atoms with Crippen LogP contribution in [0, 0.1) is 5.92 Å². The number of carbonyl (C=O) groups is 2. The van der Waals surface area contributed by atoms with Crippen LogP contribution >= 0.6 is 0 Å². The summed E-state index contributed by atoms with van der Waals surface area (Å²) in [4.78, 5) is 24.7. The Labute approximate surface area is 107 Å². The summed E-state index contributed by atoms with van der Waals surface area (Å²) in [6, 6.07) is -0.211. The van der Waals surface area contributed by atoms with Gasteiger partial charge in [-0.15, -0.1) is 0 Å². The average Bonchev–Trinajstić information content (AvgIpc) is 2.38. The molecule has 2 N–H and O–H groups in total. The van der Waals surface area contributed by atoms with E-state index in [1.54, 1.807) is 7.11 Å². The first-order valence-electron chi connectivity index (χ1n) is 6.29. The predicted octanol–water partition coefficient (Wildman–Crippen LogP) is -0.0659. The smallest absolute Gasteiger partial charge is 0.306 e. The fourth-order valence-electron chi connectivity index (χ4n) is 2.12. The zero-order chi connectivity index (χ0) is 13.5. The minimum absolute atomic E-state index is 0.0270. The van der Waals surface area contributed by atoms with Crippen LogP contribution in [0.15, 0.2) is 0 Å². The van der Waals surface area contributed by atoms with Crippen LogP contribution in [0.5, 0.6) is 0 Å². The quantitative estimate of drug-likeness (QED) is 0.652. The van der Waals surface area contributed by atoms with Crippen LogP contribution in [0.1, 0.15) is 19.8 Å². The molecule has 0 radical (unpaired) electrons. The first-order valence-corrected chi connectivity index (χ1v) is 6.29. The van der Waals surface area contributed by atoms with Crippen molar-refractivity contribution in [3.63, 3.8) is 0 Å². The first-order chi connectivity index (χ1) is 8.56. The number of piperidine rings is 1. The van der Waals surface area contributed by atoms with E-state index in [0.29, 0.717) is 39.1 Å². The molecule has 1 aliphatic heterocycles. The van der Waals surface area contributed by atoms with Crippen LogP contribution in [-0.2, 0) is 14.3 Å². The van der Waals surface area contributed by atoms with Crippen LogP contribution in [0.2, 0.25) is 0 Å². The highest BCUT2D eigenvalue weighted by Gasteiger charge is 2.29. The summed E-state index contributed by atoms with van der Waals surface area (Å²) >= 11 is 0. The molecule has 0 aliphatic carbocycles. The van der Waals surface area contributed by atoms with Gasteiger partial charge in [0.1, 0.15) is 0 Å². The van der Waals surface area contributed by atoms with Crippen LogP contribution < -0.4 is 5.32 Å². The molecule has 0 spiro atoms. The monoisotopic (exact) mass is 258 g/mol. The topological polar surface area (TPSA) is 78.9 Å². The van der Waals surface area contributed by atoms with Gasteiger partial charge in [-0.05, 0) is 32.9 Å². The minimum atomic E-state index is -0.730. The van der Waals surface area contributed by atoms with Gasteiger partial charge in [0.2, 0.25) is 5.91 Å². The number of nitrogens with one attached hydrogen (secondary N) is 1. The third-order valence-electron chi connectivity index (χ3n) is 3.41. The summed E-state index contributed by atoms with van der Waals surface area (Å²) in [7, 11) is 1.59. The van der Waals surface area contributed by atoms with Gasteiger partial charge in [-0.1, -0.05) is 0 Å². The molecule has 0 aromatic heterocycles. The third kappa shape index (κ3) is 4.27. The number of aliphatic carboxylic acids is 1. The van der Waals surface area contributed by atoms with Gasteiger partial charge in [0.15, 0.2) is 0 Å². The molecule has 1 heterocycles. The summed E-state index contributed by atoms with van der Waals surface area (Å²) < 4.78 is 4.86. The lowest BCUT2D eigenvalue weighted by Gasteiger charge is -2.33. The molecule has 1 unspecified atom stereocenters. The lowest BCUT2D eigenvalue weighted by Crippen LogP contribution is -2.49. The summed E-state index contributed by atoms with van der Waals surface area (Å²) in [5, 5.41) is 11.7. The second-order valence-electron chi connectivity index (χ2n) is 4.61. The van der Waals surface area contributed by atoms with Gasteiger partial charge in [-0.2, -0.15) is 0 Å². The van der Waals surface area contributed by atoms with Crippen molar-refractivity contribution in [1.29, 1.82) is 0 Å². The number of hydrogen-bond donors (Lipinski definition) is 2. The molecule has 1 fully saturated rings. The van der Waals surface area contributed by atoms with Gasteiger partial charge in [0.25, 0.3) is 0 Å². The first kappa shape index (κ1) is 14.9. The lowest BCUT2D eigenvalue weighted by atomic mass is 9.96. The number of ether oxygens (including phenoxy) is 1. The van der Waals surface area contributed by atoms with Gasteiger partial charge in [0, 0.05) is 13.7 Å². The largest absolute Gasteiger partial charge is 0.481 e. The predicted molar refractivity (Wildman–Crippen MR) is 66.3 cm³/mol. The van der Waals surface area contributed by atoms with Crippen LogP contribution in [-0.4, -0.2) is 61.3 Å². The lowest BCUT2D eigenvalue weighted by molar-refractivity contribution is -0.143. The molecule has 1 saturated heterocycles. The van der Waals surface area contributed by atoms with E-state index in [1.165, 1.54) is 0 Å². The number of carbonyl (C=O) groups excluding carboxylic acids is 1. The molecular weight excluding hydrogens is 236 g/mol. The SMILES string of the molecule is COCCNC(=O)C(C)N1CCC(C(=O)O)CC1. The number of nitrogens with zero attached hydrogens (tertiary/aromatic N) is 1. The Kier molecular flexibility index (Phi) is 6.07. The average molecular weight is 258 g/mol.